The second-order valence-corrected chi connectivity index (χ2v) is 5.31. The van der Waals surface area contributed by atoms with E-state index in [-0.39, 0.29) is 0 Å². The van der Waals surface area contributed by atoms with Gasteiger partial charge in [0.25, 0.3) is 0 Å². The molecule has 2 atom stereocenters. The molecule has 0 aromatic heterocycles. The van der Waals surface area contributed by atoms with E-state index < -0.39 is 0 Å². The van der Waals surface area contributed by atoms with Gasteiger partial charge < -0.3 is 0 Å². The summed E-state index contributed by atoms with van der Waals surface area (Å²) in [6.45, 7) is 9.12. The second kappa shape index (κ2) is 4.83. The molecule has 1 saturated carbocycles. The maximum Gasteiger partial charge on any atom is -0.0228 e. The lowest BCUT2D eigenvalue weighted by atomic mass is 9.94. The minimum atomic E-state index is 0.885. The molecular formula is C13H24. The highest BCUT2D eigenvalue weighted by Crippen LogP contribution is 2.35. The first kappa shape index (κ1) is 10.8. The highest BCUT2D eigenvalue weighted by Gasteiger charge is 2.23. The lowest BCUT2D eigenvalue weighted by Gasteiger charge is -2.11. The van der Waals surface area contributed by atoms with Gasteiger partial charge in [-0.3, -0.25) is 0 Å². The molecule has 0 heteroatoms. The Bertz CT molecular complexity index is 172. The molecule has 0 N–H and O–H groups in total. The first-order chi connectivity index (χ1) is 6.08. The van der Waals surface area contributed by atoms with E-state index >= 15 is 0 Å². The summed E-state index contributed by atoms with van der Waals surface area (Å²) in [6, 6.07) is 0. The van der Waals surface area contributed by atoms with E-state index in [0.29, 0.717) is 0 Å². The van der Waals surface area contributed by atoms with Gasteiger partial charge in [0.15, 0.2) is 0 Å². The Balaban J connectivity index is 2.32. The monoisotopic (exact) mass is 180 g/mol. The van der Waals surface area contributed by atoms with Crippen molar-refractivity contribution < 1.29 is 0 Å². The van der Waals surface area contributed by atoms with Crippen molar-refractivity contribution in [3.63, 3.8) is 0 Å². The van der Waals surface area contributed by atoms with Crippen molar-refractivity contribution in [1.29, 1.82) is 0 Å². The second-order valence-electron chi connectivity index (χ2n) is 5.31. The summed E-state index contributed by atoms with van der Waals surface area (Å²) in [6.07, 6.45) is 8.26. The lowest BCUT2D eigenvalue weighted by Crippen LogP contribution is -2.00. The van der Waals surface area contributed by atoms with Crippen LogP contribution in [0.15, 0.2) is 11.6 Å². The van der Waals surface area contributed by atoms with Gasteiger partial charge in [-0.1, -0.05) is 25.5 Å². The van der Waals surface area contributed by atoms with E-state index in [0.717, 1.165) is 17.8 Å². The Morgan fingerprint density at radius 2 is 2.00 bits per heavy atom. The van der Waals surface area contributed by atoms with Crippen LogP contribution in [-0.2, 0) is 0 Å². The van der Waals surface area contributed by atoms with Crippen molar-refractivity contribution >= 4 is 0 Å². The molecule has 2 unspecified atom stereocenters. The SMILES string of the molecule is CC(C)=CC1CCC(CC(C)C)C1. The topological polar surface area (TPSA) is 0 Å². The van der Waals surface area contributed by atoms with Crippen molar-refractivity contribution in [1.82, 2.24) is 0 Å². The van der Waals surface area contributed by atoms with E-state index in [1.807, 2.05) is 0 Å². The molecule has 0 amide bonds. The van der Waals surface area contributed by atoms with Crippen molar-refractivity contribution in [2.75, 3.05) is 0 Å². The summed E-state index contributed by atoms with van der Waals surface area (Å²) in [5.41, 5.74) is 1.50. The Hall–Kier alpha value is -0.260. The predicted octanol–water partition coefficient (Wildman–Crippen LogP) is 4.42. The van der Waals surface area contributed by atoms with Crippen molar-refractivity contribution in [3.05, 3.63) is 11.6 Å². The van der Waals surface area contributed by atoms with Crippen LogP contribution in [0.2, 0.25) is 0 Å². The van der Waals surface area contributed by atoms with Gasteiger partial charge in [0.1, 0.15) is 0 Å². The smallest absolute Gasteiger partial charge is 0.0228 e. The average Bonchev–Trinajstić information content (AvgIpc) is 2.33. The molecule has 1 rings (SSSR count). The zero-order chi connectivity index (χ0) is 9.84. The highest BCUT2D eigenvalue weighted by molar-refractivity contribution is 4.99. The van der Waals surface area contributed by atoms with Crippen LogP contribution < -0.4 is 0 Å². The zero-order valence-corrected chi connectivity index (χ0v) is 9.64. The van der Waals surface area contributed by atoms with Gasteiger partial charge in [0, 0.05) is 0 Å². The van der Waals surface area contributed by atoms with E-state index in [2.05, 4.69) is 33.8 Å². The molecule has 0 radical (unpaired) electrons. The normalized spacial score (nSPS) is 28.1. The molecule has 0 aliphatic heterocycles. The summed E-state index contributed by atoms with van der Waals surface area (Å²) in [5.74, 6) is 2.80. The molecule has 0 heterocycles. The van der Waals surface area contributed by atoms with Crippen LogP contribution in [0.5, 0.6) is 0 Å². The maximum absolute atomic E-state index is 2.47. The van der Waals surface area contributed by atoms with E-state index in [4.69, 9.17) is 0 Å². The van der Waals surface area contributed by atoms with Crippen LogP contribution in [0.25, 0.3) is 0 Å². The van der Waals surface area contributed by atoms with Gasteiger partial charge in [-0.25, -0.2) is 0 Å². The fourth-order valence-corrected chi connectivity index (χ4v) is 2.62. The molecule has 1 fully saturated rings. The van der Waals surface area contributed by atoms with Crippen LogP contribution >= 0.6 is 0 Å². The van der Waals surface area contributed by atoms with Gasteiger partial charge in [-0.05, 0) is 57.3 Å². The summed E-state index contributed by atoms with van der Waals surface area (Å²) in [7, 11) is 0. The Morgan fingerprint density at radius 3 is 2.54 bits per heavy atom. The molecule has 0 nitrogen and oxygen atoms in total. The summed E-state index contributed by atoms with van der Waals surface area (Å²) >= 11 is 0. The van der Waals surface area contributed by atoms with Gasteiger partial charge in [0.05, 0.1) is 0 Å². The fraction of sp³-hybridized carbons (Fsp3) is 0.846. The van der Waals surface area contributed by atoms with Gasteiger partial charge in [0.2, 0.25) is 0 Å². The summed E-state index contributed by atoms with van der Waals surface area (Å²) in [5, 5.41) is 0. The van der Waals surface area contributed by atoms with Gasteiger partial charge in [-0.2, -0.15) is 0 Å². The van der Waals surface area contributed by atoms with Crippen LogP contribution in [0, 0.1) is 17.8 Å². The molecule has 0 spiro atoms. The van der Waals surface area contributed by atoms with Crippen molar-refractivity contribution in [3.8, 4) is 0 Å². The highest BCUT2D eigenvalue weighted by atomic mass is 14.3. The molecule has 76 valence electrons. The Labute approximate surface area is 83.4 Å². The quantitative estimate of drug-likeness (QED) is 0.564. The third-order valence-corrected chi connectivity index (χ3v) is 2.96. The van der Waals surface area contributed by atoms with Crippen LogP contribution in [-0.4, -0.2) is 0 Å². The molecule has 0 bridgehead atoms. The molecule has 0 aromatic carbocycles. The minimum absolute atomic E-state index is 0.885. The number of hydrogen-bond acceptors (Lipinski definition) is 0. The van der Waals surface area contributed by atoms with Crippen LogP contribution in [0.4, 0.5) is 0 Å². The maximum atomic E-state index is 2.47. The molecule has 13 heavy (non-hydrogen) atoms. The lowest BCUT2D eigenvalue weighted by molar-refractivity contribution is 0.412. The standard InChI is InChI=1S/C13H24/c1-10(2)7-12-5-6-13(9-12)8-11(3)4/h7,11-13H,5-6,8-9H2,1-4H3. The van der Waals surface area contributed by atoms with E-state index in [1.54, 1.807) is 0 Å². The largest absolute Gasteiger partial charge is 0.0828 e. The molecule has 1 aliphatic carbocycles. The Morgan fingerprint density at radius 1 is 1.31 bits per heavy atom. The third-order valence-electron chi connectivity index (χ3n) is 2.96. The minimum Gasteiger partial charge on any atom is -0.0828 e. The number of rotatable bonds is 3. The van der Waals surface area contributed by atoms with Crippen molar-refractivity contribution in [2.24, 2.45) is 17.8 Å². The number of allylic oxidation sites excluding steroid dienone is 2. The van der Waals surface area contributed by atoms with E-state index in [1.165, 1.54) is 31.3 Å². The molecule has 1 aliphatic rings. The van der Waals surface area contributed by atoms with Crippen LogP contribution in [0.3, 0.4) is 0 Å². The third kappa shape index (κ3) is 3.97. The predicted molar refractivity (Wildman–Crippen MR) is 59.7 cm³/mol. The average molecular weight is 180 g/mol. The molecular weight excluding hydrogens is 156 g/mol. The van der Waals surface area contributed by atoms with Crippen LogP contribution in [0.1, 0.15) is 53.4 Å². The first-order valence-electron chi connectivity index (χ1n) is 5.73. The molecule has 0 saturated heterocycles. The van der Waals surface area contributed by atoms with Crippen molar-refractivity contribution in [2.45, 2.75) is 53.4 Å². The first-order valence-corrected chi connectivity index (χ1v) is 5.73. The molecule has 0 aromatic rings. The summed E-state index contributed by atoms with van der Waals surface area (Å²) < 4.78 is 0. The zero-order valence-electron chi connectivity index (χ0n) is 9.64. The summed E-state index contributed by atoms with van der Waals surface area (Å²) in [4.78, 5) is 0. The van der Waals surface area contributed by atoms with E-state index in [9.17, 15) is 0 Å². The number of hydrogen-bond donors (Lipinski definition) is 0. The fourth-order valence-electron chi connectivity index (χ4n) is 2.62. The Kier molecular flexibility index (Phi) is 4.02. The van der Waals surface area contributed by atoms with Gasteiger partial charge >= 0.3 is 0 Å². The van der Waals surface area contributed by atoms with Gasteiger partial charge in [-0.15, -0.1) is 0 Å².